The summed E-state index contributed by atoms with van der Waals surface area (Å²) in [4.78, 5) is 3.91. The second kappa shape index (κ2) is 2.87. The van der Waals surface area contributed by atoms with Crippen molar-refractivity contribution in [1.29, 1.82) is 0 Å². The third kappa shape index (κ3) is 1.33. The lowest BCUT2D eigenvalue weighted by molar-refractivity contribution is 0.503. The number of rotatable bonds is 2. The molecule has 0 N–H and O–H groups in total. The van der Waals surface area contributed by atoms with E-state index in [1.165, 1.54) is 0 Å². The summed E-state index contributed by atoms with van der Waals surface area (Å²) in [5.74, 6) is 0.793. The quantitative estimate of drug-likeness (QED) is 0.639. The molecule has 1 rings (SSSR count). The van der Waals surface area contributed by atoms with Crippen molar-refractivity contribution in [3.05, 3.63) is 18.4 Å². The van der Waals surface area contributed by atoms with Crippen LogP contribution in [0.4, 0.5) is 0 Å². The predicted octanol–water partition coefficient (Wildman–Crippen LogP) is 1.61. The first-order valence-corrected chi connectivity index (χ1v) is 3.50. The maximum absolute atomic E-state index is 4.93. The highest BCUT2D eigenvalue weighted by molar-refractivity contribution is 9.09. The zero-order valence-corrected chi connectivity index (χ0v) is 5.89. The molecule has 1 heterocycles. The molecule has 3 heteroatoms. The largest absolute Gasteiger partial charge is 0.449 e. The number of aromatic nitrogens is 1. The molecule has 44 valence electrons. The Morgan fingerprint density at radius 2 is 2.62 bits per heavy atom. The second-order valence-corrected chi connectivity index (χ2v) is 2.16. The molecule has 2 nitrogen and oxygen atoms in total. The molecule has 0 bridgehead atoms. The van der Waals surface area contributed by atoms with Gasteiger partial charge in [0.1, 0.15) is 6.26 Å². The topological polar surface area (TPSA) is 26.0 Å². The number of oxazole rings is 1. The zero-order valence-electron chi connectivity index (χ0n) is 4.30. The summed E-state index contributed by atoms with van der Waals surface area (Å²) in [5.41, 5.74) is 0. The van der Waals surface area contributed by atoms with Crippen molar-refractivity contribution < 1.29 is 4.42 Å². The highest BCUT2D eigenvalue weighted by Crippen LogP contribution is 1.96. The fourth-order valence-electron chi connectivity index (χ4n) is 0.457. The molecule has 0 aromatic carbocycles. The minimum Gasteiger partial charge on any atom is -0.449 e. The van der Waals surface area contributed by atoms with Gasteiger partial charge in [-0.2, -0.15) is 0 Å². The Balaban J connectivity index is 2.50. The third-order valence-corrected chi connectivity index (χ3v) is 1.19. The first kappa shape index (κ1) is 5.82. The van der Waals surface area contributed by atoms with Crippen LogP contribution in [0.3, 0.4) is 0 Å². The van der Waals surface area contributed by atoms with Gasteiger partial charge in [-0.1, -0.05) is 15.9 Å². The molecule has 0 radical (unpaired) electrons. The minimum absolute atomic E-state index is 0.793. The fraction of sp³-hybridized carbons (Fsp3) is 0.400. The van der Waals surface area contributed by atoms with Crippen LogP contribution in [-0.4, -0.2) is 10.3 Å². The van der Waals surface area contributed by atoms with Gasteiger partial charge < -0.3 is 4.42 Å². The third-order valence-electron chi connectivity index (χ3n) is 0.792. The summed E-state index contributed by atoms with van der Waals surface area (Å²) >= 11 is 3.27. The highest BCUT2D eigenvalue weighted by atomic mass is 79.9. The number of nitrogens with zero attached hydrogens (tertiary/aromatic N) is 1. The monoisotopic (exact) mass is 175 g/mol. The van der Waals surface area contributed by atoms with Crippen molar-refractivity contribution in [2.45, 2.75) is 6.42 Å². The van der Waals surface area contributed by atoms with Crippen molar-refractivity contribution in [3.63, 3.8) is 0 Å². The SMILES string of the molecule is BrCCc1ncco1. The Morgan fingerprint density at radius 3 is 3.12 bits per heavy atom. The van der Waals surface area contributed by atoms with Gasteiger partial charge in [0.2, 0.25) is 0 Å². The molecule has 8 heavy (non-hydrogen) atoms. The molecule has 0 spiro atoms. The van der Waals surface area contributed by atoms with E-state index in [0.717, 1.165) is 17.6 Å². The van der Waals surface area contributed by atoms with Crippen LogP contribution < -0.4 is 0 Å². The standard InChI is InChI=1S/C5H6BrNO/c6-2-1-5-7-3-4-8-5/h3-4H,1-2H2. The zero-order chi connectivity index (χ0) is 5.82. The van der Waals surface area contributed by atoms with Gasteiger partial charge in [0.15, 0.2) is 5.89 Å². The summed E-state index contributed by atoms with van der Waals surface area (Å²) in [6.07, 6.45) is 4.10. The predicted molar refractivity (Wildman–Crippen MR) is 34.0 cm³/mol. The van der Waals surface area contributed by atoms with E-state index in [4.69, 9.17) is 4.42 Å². The van der Waals surface area contributed by atoms with E-state index >= 15 is 0 Å². The van der Waals surface area contributed by atoms with Crippen LogP contribution in [0.2, 0.25) is 0 Å². The molecule has 1 aromatic heterocycles. The van der Waals surface area contributed by atoms with Gasteiger partial charge in [0, 0.05) is 11.8 Å². The van der Waals surface area contributed by atoms with E-state index in [0.29, 0.717) is 0 Å². The van der Waals surface area contributed by atoms with Crippen LogP contribution in [-0.2, 0) is 6.42 Å². The number of aryl methyl sites for hydroxylation is 1. The van der Waals surface area contributed by atoms with Gasteiger partial charge in [-0.15, -0.1) is 0 Å². The number of alkyl halides is 1. The Bertz CT molecular complexity index is 138. The molecule has 0 atom stereocenters. The number of hydrogen-bond acceptors (Lipinski definition) is 2. The van der Waals surface area contributed by atoms with Crippen molar-refractivity contribution in [3.8, 4) is 0 Å². The summed E-state index contributed by atoms with van der Waals surface area (Å²) in [5, 5.41) is 0.910. The van der Waals surface area contributed by atoms with Crippen molar-refractivity contribution in [2.75, 3.05) is 5.33 Å². The van der Waals surface area contributed by atoms with E-state index < -0.39 is 0 Å². The van der Waals surface area contributed by atoms with Crippen molar-refractivity contribution in [1.82, 2.24) is 4.98 Å². The molecular weight excluding hydrogens is 170 g/mol. The molecule has 0 saturated carbocycles. The Hall–Kier alpha value is -0.310. The van der Waals surface area contributed by atoms with E-state index in [-0.39, 0.29) is 0 Å². The summed E-state index contributed by atoms with van der Waals surface area (Å²) in [6, 6.07) is 0. The molecule has 1 aromatic rings. The van der Waals surface area contributed by atoms with Crippen LogP contribution >= 0.6 is 15.9 Å². The minimum atomic E-state index is 0.793. The lowest BCUT2D eigenvalue weighted by Gasteiger charge is -1.82. The van der Waals surface area contributed by atoms with Crippen LogP contribution in [0.25, 0.3) is 0 Å². The Morgan fingerprint density at radius 1 is 1.75 bits per heavy atom. The summed E-state index contributed by atoms with van der Waals surface area (Å²) in [6.45, 7) is 0. The maximum Gasteiger partial charge on any atom is 0.194 e. The first-order chi connectivity index (χ1) is 3.93. The number of hydrogen-bond donors (Lipinski definition) is 0. The van der Waals surface area contributed by atoms with Crippen molar-refractivity contribution >= 4 is 15.9 Å². The van der Waals surface area contributed by atoms with E-state index in [1.54, 1.807) is 12.5 Å². The van der Waals surface area contributed by atoms with E-state index in [9.17, 15) is 0 Å². The van der Waals surface area contributed by atoms with Crippen molar-refractivity contribution in [2.24, 2.45) is 0 Å². The normalized spacial score (nSPS) is 9.62. The van der Waals surface area contributed by atoms with E-state index in [1.807, 2.05) is 0 Å². The molecule has 0 fully saturated rings. The van der Waals surface area contributed by atoms with Gasteiger partial charge >= 0.3 is 0 Å². The number of halogens is 1. The molecule has 0 aliphatic heterocycles. The molecule has 0 aliphatic carbocycles. The Kier molecular flexibility index (Phi) is 2.09. The van der Waals surface area contributed by atoms with Gasteiger partial charge in [-0.25, -0.2) is 4.98 Å². The summed E-state index contributed by atoms with van der Waals surface area (Å²) < 4.78 is 4.93. The first-order valence-electron chi connectivity index (χ1n) is 2.38. The average Bonchev–Trinajstić information content (AvgIpc) is 2.19. The van der Waals surface area contributed by atoms with E-state index in [2.05, 4.69) is 20.9 Å². The van der Waals surface area contributed by atoms with Crippen LogP contribution in [0.5, 0.6) is 0 Å². The Labute approximate surface area is 56.0 Å². The van der Waals surface area contributed by atoms with Gasteiger partial charge in [-0.05, 0) is 0 Å². The smallest absolute Gasteiger partial charge is 0.194 e. The average molecular weight is 176 g/mol. The molecule has 0 amide bonds. The van der Waals surface area contributed by atoms with Gasteiger partial charge in [0.25, 0.3) is 0 Å². The maximum atomic E-state index is 4.93. The van der Waals surface area contributed by atoms with Gasteiger partial charge in [-0.3, -0.25) is 0 Å². The fourth-order valence-corrected chi connectivity index (χ4v) is 0.796. The van der Waals surface area contributed by atoms with Crippen LogP contribution in [0.1, 0.15) is 5.89 Å². The lowest BCUT2D eigenvalue weighted by atomic mass is 10.5. The lowest BCUT2D eigenvalue weighted by Crippen LogP contribution is -1.82. The van der Waals surface area contributed by atoms with Gasteiger partial charge in [0.05, 0.1) is 6.20 Å². The van der Waals surface area contributed by atoms with Crippen LogP contribution in [0, 0.1) is 0 Å². The van der Waals surface area contributed by atoms with Crippen LogP contribution in [0.15, 0.2) is 16.9 Å². The molecular formula is C5H6BrNO. The molecule has 0 unspecified atom stereocenters. The highest BCUT2D eigenvalue weighted by Gasteiger charge is 1.91. The molecule has 0 saturated heterocycles. The second-order valence-electron chi connectivity index (χ2n) is 1.36. The summed E-state index contributed by atoms with van der Waals surface area (Å²) in [7, 11) is 0. The molecule has 0 aliphatic rings.